The molecule has 0 aliphatic carbocycles. The zero-order valence-electron chi connectivity index (χ0n) is 20.8. The summed E-state index contributed by atoms with van der Waals surface area (Å²) in [6.07, 6.45) is 1.45. The average Bonchev–Trinajstić information content (AvgIpc) is 2.86. The van der Waals surface area contributed by atoms with Gasteiger partial charge in [-0.25, -0.2) is 0 Å². The van der Waals surface area contributed by atoms with Crippen LogP contribution in [0.25, 0.3) is 0 Å². The molecule has 1 spiro atoms. The summed E-state index contributed by atoms with van der Waals surface area (Å²) >= 11 is 0. The van der Waals surface area contributed by atoms with E-state index in [1.165, 1.54) is 21.3 Å². The van der Waals surface area contributed by atoms with Crippen LogP contribution in [0.4, 0.5) is 5.69 Å². The van der Waals surface area contributed by atoms with Crippen molar-refractivity contribution < 1.29 is 38.1 Å². The molecule has 2 amide bonds. The smallest absolute Gasteiger partial charge is 0.262 e. The molecule has 2 heterocycles. The molecule has 10 nitrogen and oxygen atoms in total. The first-order chi connectivity index (χ1) is 17.3. The number of methoxy groups -OCH3 is 3. The first-order valence-electron chi connectivity index (χ1n) is 11.6. The lowest BCUT2D eigenvalue weighted by Crippen LogP contribution is -2.51. The van der Waals surface area contributed by atoms with Crippen molar-refractivity contribution in [3.05, 3.63) is 35.9 Å². The number of carbonyl (C=O) groups excluding carboxylic acids is 3. The summed E-state index contributed by atoms with van der Waals surface area (Å²) in [5.41, 5.74) is 0.318. The van der Waals surface area contributed by atoms with Crippen LogP contribution in [0.5, 0.6) is 28.7 Å². The number of Topliss-reactive ketones (excluding diaryl/α,β-unsaturated/α-hetero) is 1. The predicted molar refractivity (Wildman–Crippen MR) is 130 cm³/mol. The van der Waals surface area contributed by atoms with Gasteiger partial charge in [0.2, 0.25) is 11.7 Å². The number of benzene rings is 2. The number of nitrogens with one attached hydrogen (secondary N) is 1. The Hall–Kier alpha value is -3.95. The lowest BCUT2D eigenvalue weighted by atomic mass is 9.82. The fourth-order valence-corrected chi connectivity index (χ4v) is 4.57. The molecule has 1 N–H and O–H groups in total. The van der Waals surface area contributed by atoms with E-state index in [9.17, 15) is 14.4 Å². The van der Waals surface area contributed by atoms with E-state index in [0.717, 1.165) is 0 Å². The fourth-order valence-electron chi connectivity index (χ4n) is 4.57. The number of hydrogen-bond acceptors (Lipinski definition) is 8. The van der Waals surface area contributed by atoms with Crippen LogP contribution >= 0.6 is 0 Å². The topological polar surface area (TPSA) is 113 Å². The van der Waals surface area contributed by atoms with Crippen molar-refractivity contribution in [2.24, 2.45) is 0 Å². The summed E-state index contributed by atoms with van der Waals surface area (Å²) in [7, 11) is 4.48. The van der Waals surface area contributed by atoms with Crippen molar-refractivity contribution in [3.63, 3.8) is 0 Å². The standard InChI is InChI=1S/C26H30N2O8/c1-16(29)28-9-7-26(8-10-28)14-20(30)19-6-5-18(13-21(19)36-26)35-15-24(31)27-17-11-22(32-2)25(34-4)23(12-17)33-3/h5-6,11-13H,7-10,14-15H2,1-4H3,(H,27,31). The van der Waals surface area contributed by atoms with E-state index < -0.39 is 11.5 Å². The highest BCUT2D eigenvalue weighted by molar-refractivity contribution is 6.00. The number of hydrogen-bond donors (Lipinski definition) is 1. The van der Waals surface area contributed by atoms with Crippen LogP contribution in [0.1, 0.15) is 36.5 Å². The highest BCUT2D eigenvalue weighted by atomic mass is 16.5. The van der Waals surface area contributed by atoms with Gasteiger partial charge < -0.3 is 33.9 Å². The molecule has 2 aromatic carbocycles. The van der Waals surface area contributed by atoms with Crippen molar-refractivity contribution in [3.8, 4) is 28.7 Å². The molecule has 0 radical (unpaired) electrons. The average molecular weight is 499 g/mol. The van der Waals surface area contributed by atoms with Crippen molar-refractivity contribution in [1.82, 2.24) is 4.90 Å². The van der Waals surface area contributed by atoms with E-state index in [4.69, 9.17) is 23.7 Å². The van der Waals surface area contributed by atoms with E-state index in [2.05, 4.69) is 5.32 Å². The number of nitrogens with zero attached hydrogens (tertiary/aromatic N) is 1. The van der Waals surface area contributed by atoms with Crippen LogP contribution in [0.15, 0.2) is 30.3 Å². The van der Waals surface area contributed by atoms with Crippen LogP contribution in [-0.4, -0.2) is 69.1 Å². The number of piperidine rings is 1. The summed E-state index contributed by atoms with van der Waals surface area (Å²) in [5.74, 6) is 1.70. The third-order valence-electron chi connectivity index (χ3n) is 6.50. The second kappa shape index (κ2) is 10.3. The molecule has 0 unspecified atom stereocenters. The Morgan fingerprint density at radius 3 is 2.28 bits per heavy atom. The second-order valence-electron chi connectivity index (χ2n) is 8.80. The molecule has 2 aromatic rings. The number of amides is 2. The van der Waals surface area contributed by atoms with E-state index in [1.54, 1.807) is 42.2 Å². The Balaban J connectivity index is 1.41. The van der Waals surface area contributed by atoms with Crippen LogP contribution in [0.3, 0.4) is 0 Å². The van der Waals surface area contributed by atoms with Gasteiger partial charge in [-0.05, 0) is 12.1 Å². The number of rotatable bonds is 7. The molecule has 1 fully saturated rings. The van der Waals surface area contributed by atoms with Crippen LogP contribution in [0.2, 0.25) is 0 Å². The summed E-state index contributed by atoms with van der Waals surface area (Å²) in [6, 6.07) is 8.17. The lowest BCUT2D eigenvalue weighted by molar-refractivity contribution is -0.132. The Labute approximate surface area is 209 Å². The summed E-state index contributed by atoms with van der Waals surface area (Å²) in [4.78, 5) is 38.8. The highest BCUT2D eigenvalue weighted by Gasteiger charge is 2.43. The number of fused-ring (bicyclic) bond motifs is 1. The molecule has 0 saturated carbocycles. The third-order valence-corrected chi connectivity index (χ3v) is 6.50. The molecule has 0 aromatic heterocycles. The zero-order valence-corrected chi connectivity index (χ0v) is 20.8. The Bertz CT molecular complexity index is 1150. The van der Waals surface area contributed by atoms with Crippen molar-refractivity contribution >= 4 is 23.3 Å². The largest absolute Gasteiger partial charge is 0.493 e. The van der Waals surface area contributed by atoms with Crippen molar-refractivity contribution in [2.75, 3.05) is 46.3 Å². The Morgan fingerprint density at radius 2 is 1.69 bits per heavy atom. The van der Waals surface area contributed by atoms with Crippen LogP contribution < -0.4 is 29.0 Å². The van der Waals surface area contributed by atoms with Gasteiger partial charge in [-0.3, -0.25) is 14.4 Å². The number of anilines is 1. The number of ether oxygens (including phenoxy) is 5. The van der Waals surface area contributed by atoms with Gasteiger partial charge in [-0.2, -0.15) is 0 Å². The van der Waals surface area contributed by atoms with Gasteiger partial charge in [0, 0.05) is 56.7 Å². The molecule has 0 bridgehead atoms. The Morgan fingerprint density at radius 1 is 1.03 bits per heavy atom. The molecule has 192 valence electrons. The van der Waals surface area contributed by atoms with Gasteiger partial charge in [0.15, 0.2) is 23.9 Å². The monoisotopic (exact) mass is 498 g/mol. The second-order valence-corrected chi connectivity index (χ2v) is 8.80. The number of ketones is 1. The maximum absolute atomic E-state index is 12.8. The van der Waals surface area contributed by atoms with Gasteiger partial charge in [0.05, 0.1) is 33.3 Å². The molecule has 10 heteroatoms. The molecule has 4 rings (SSSR count). The van der Waals surface area contributed by atoms with E-state index in [-0.39, 0.29) is 24.7 Å². The SMILES string of the molecule is COc1cc(NC(=O)COc2ccc3c(c2)OC2(CCN(C(C)=O)CC2)CC3=O)cc(OC)c1OC. The first-order valence-corrected chi connectivity index (χ1v) is 11.6. The third kappa shape index (κ3) is 5.17. The minimum absolute atomic E-state index is 0.000724. The molecule has 2 aliphatic heterocycles. The number of carbonyl (C=O) groups is 3. The van der Waals surface area contributed by atoms with Gasteiger partial charge in [0.1, 0.15) is 17.1 Å². The summed E-state index contributed by atoms with van der Waals surface area (Å²) < 4.78 is 27.9. The molecule has 1 saturated heterocycles. The quantitative estimate of drug-likeness (QED) is 0.620. The predicted octanol–water partition coefficient (Wildman–Crippen LogP) is 3.08. The van der Waals surface area contributed by atoms with E-state index in [1.807, 2.05) is 0 Å². The molecular formula is C26H30N2O8. The van der Waals surface area contributed by atoms with Gasteiger partial charge >= 0.3 is 0 Å². The maximum atomic E-state index is 12.8. The minimum atomic E-state index is -0.626. The lowest BCUT2D eigenvalue weighted by Gasteiger charge is -2.43. The van der Waals surface area contributed by atoms with Gasteiger partial charge in [-0.1, -0.05) is 0 Å². The van der Waals surface area contributed by atoms with Gasteiger partial charge in [-0.15, -0.1) is 0 Å². The highest BCUT2D eigenvalue weighted by Crippen LogP contribution is 2.41. The van der Waals surface area contributed by atoms with Crippen LogP contribution in [0, 0.1) is 0 Å². The molecular weight excluding hydrogens is 468 g/mol. The van der Waals surface area contributed by atoms with Crippen molar-refractivity contribution in [1.29, 1.82) is 0 Å². The normalized spacial score (nSPS) is 16.0. The van der Waals surface area contributed by atoms with E-state index in [0.29, 0.717) is 65.9 Å². The van der Waals surface area contributed by atoms with Crippen LogP contribution in [-0.2, 0) is 9.59 Å². The molecule has 36 heavy (non-hydrogen) atoms. The Kier molecular flexibility index (Phi) is 7.23. The molecule has 0 atom stereocenters. The van der Waals surface area contributed by atoms with Gasteiger partial charge in [0.25, 0.3) is 5.91 Å². The number of likely N-dealkylation sites (tertiary alicyclic amines) is 1. The minimum Gasteiger partial charge on any atom is -0.493 e. The first kappa shape index (κ1) is 25.2. The summed E-state index contributed by atoms with van der Waals surface area (Å²) in [5, 5.41) is 2.75. The van der Waals surface area contributed by atoms with Crippen molar-refractivity contribution in [2.45, 2.75) is 31.8 Å². The zero-order chi connectivity index (χ0) is 25.9. The fraction of sp³-hybridized carbons (Fsp3) is 0.423. The van der Waals surface area contributed by atoms with E-state index >= 15 is 0 Å². The molecule has 2 aliphatic rings. The maximum Gasteiger partial charge on any atom is 0.262 e. The summed E-state index contributed by atoms with van der Waals surface area (Å²) in [6.45, 7) is 2.38.